The molecule has 2 nitrogen and oxygen atoms in total. The molecule has 0 amide bonds. The second-order valence-electron chi connectivity index (χ2n) is 3.47. The molecule has 64 valence electrons. The van der Waals surface area contributed by atoms with Gasteiger partial charge in [-0.1, -0.05) is 0 Å². The molecule has 0 saturated heterocycles. The van der Waals surface area contributed by atoms with Crippen LogP contribution in [0.4, 0.5) is 0 Å². The molecule has 0 spiro atoms. The number of Topliss-reactive ketones (excluding diaryl/α,β-unsaturated/α-hetero) is 1. The van der Waals surface area contributed by atoms with Crippen molar-refractivity contribution in [1.29, 1.82) is 0 Å². The van der Waals surface area contributed by atoms with E-state index in [1.807, 2.05) is 13.1 Å². The lowest BCUT2D eigenvalue weighted by molar-refractivity contribution is -0.121. The predicted molar refractivity (Wildman–Crippen MR) is 48.3 cm³/mol. The van der Waals surface area contributed by atoms with Gasteiger partial charge in [0.1, 0.15) is 5.78 Å². The van der Waals surface area contributed by atoms with E-state index in [9.17, 15) is 4.79 Å². The fraction of sp³-hybridized carbons (Fsp3) is 0.556. The quantitative estimate of drug-likeness (QED) is 0.664. The van der Waals surface area contributed by atoms with Crippen LogP contribution < -0.4 is 0 Å². The van der Waals surface area contributed by atoms with Gasteiger partial charge in [-0.25, -0.2) is 0 Å². The molecule has 1 unspecified atom stereocenters. The summed E-state index contributed by atoms with van der Waals surface area (Å²) in [5.41, 5.74) is 1.59. The van der Waals surface area contributed by atoms with Crippen molar-refractivity contribution in [3.63, 3.8) is 0 Å². The first-order valence-electron chi connectivity index (χ1n) is 4.16. The van der Waals surface area contributed by atoms with Crippen LogP contribution in [0.1, 0.15) is 31.1 Å². The average Bonchev–Trinajstić information content (AvgIpc) is 2.62. The number of carbonyl (C=O) groups is 1. The maximum Gasteiger partial charge on any atom is 0.144 e. The minimum absolute atomic E-state index is 0.207. The van der Waals surface area contributed by atoms with Crippen LogP contribution in [0, 0.1) is 0 Å². The van der Waals surface area contributed by atoms with Crippen molar-refractivity contribution >= 4 is 17.1 Å². The maximum atomic E-state index is 11.6. The third-order valence-electron chi connectivity index (χ3n) is 2.67. The van der Waals surface area contributed by atoms with E-state index in [0.717, 1.165) is 24.1 Å². The molecule has 1 aromatic rings. The Morgan fingerprint density at radius 1 is 1.67 bits per heavy atom. The number of rotatable bonds is 1. The number of ketones is 1. The van der Waals surface area contributed by atoms with Gasteiger partial charge < -0.3 is 0 Å². The zero-order chi connectivity index (χ0) is 8.60. The molecule has 0 N–H and O–H groups in total. The van der Waals surface area contributed by atoms with Gasteiger partial charge in [0.2, 0.25) is 0 Å². The number of hydrogen-bond acceptors (Lipinski definition) is 3. The highest BCUT2D eigenvalue weighted by atomic mass is 32.1. The molecule has 1 heterocycles. The summed E-state index contributed by atoms with van der Waals surface area (Å²) in [6.07, 6.45) is 4.60. The first-order chi connectivity index (χ1) is 5.73. The third kappa shape index (κ3) is 1.00. The molecule has 0 bridgehead atoms. The van der Waals surface area contributed by atoms with Gasteiger partial charge >= 0.3 is 0 Å². The van der Waals surface area contributed by atoms with E-state index in [4.69, 9.17) is 0 Å². The van der Waals surface area contributed by atoms with Crippen molar-refractivity contribution in [2.75, 3.05) is 0 Å². The van der Waals surface area contributed by atoms with E-state index in [-0.39, 0.29) is 5.41 Å². The van der Waals surface area contributed by atoms with Gasteiger partial charge in [0.15, 0.2) is 0 Å². The predicted octanol–water partition coefficient (Wildman–Crippen LogP) is 2.15. The smallest absolute Gasteiger partial charge is 0.144 e. The highest BCUT2D eigenvalue weighted by molar-refractivity contribution is 7.09. The molecule has 12 heavy (non-hydrogen) atoms. The molecule has 0 aliphatic heterocycles. The SMILES string of the molecule is CC1(c2cncs2)CCCC1=O. The van der Waals surface area contributed by atoms with Gasteiger partial charge in [-0.2, -0.15) is 0 Å². The fourth-order valence-corrected chi connectivity index (χ4v) is 2.60. The van der Waals surface area contributed by atoms with Crippen molar-refractivity contribution in [1.82, 2.24) is 4.98 Å². The number of thiazole rings is 1. The maximum absolute atomic E-state index is 11.6. The third-order valence-corrected chi connectivity index (χ3v) is 3.71. The Kier molecular flexibility index (Phi) is 1.76. The Balaban J connectivity index is 2.38. The summed E-state index contributed by atoms with van der Waals surface area (Å²) in [4.78, 5) is 16.7. The summed E-state index contributed by atoms with van der Waals surface area (Å²) < 4.78 is 0. The molecule has 2 rings (SSSR count). The zero-order valence-electron chi connectivity index (χ0n) is 7.04. The summed E-state index contributed by atoms with van der Waals surface area (Å²) in [5, 5.41) is 0. The molecular weight excluding hydrogens is 170 g/mol. The van der Waals surface area contributed by atoms with Gasteiger partial charge in [0.05, 0.1) is 10.9 Å². The summed E-state index contributed by atoms with van der Waals surface area (Å²) >= 11 is 1.59. The first-order valence-corrected chi connectivity index (χ1v) is 5.04. The summed E-state index contributed by atoms with van der Waals surface area (Å²) in [7, 11) is 0. The number of nitrogens with zero attached hydrogens (tertiary/aromatic N) is 1. The average molecular weight is 181 g/mol. The highest BCUT2D eigenvalue weighted by Crippen LogP contribution is 2.39. The number of carbonyl (C=O) groups excluding carboxylic acids is 1. The Morgan fingerprint density at radius 3 is 3.00 bits per heavy atom. The molecule has 1 fully saturated rings. The van der Waals surface area contributed by atoms with Crippen molar-refractivity contribution in [3.05, 3.63) is 16.6 Å². The largest absolute Gasteiger partial charge is 0.299 e. The fourth-order valence-electron chi connectivity index (χ4n) is 1.77. The molecule has 1 aliphatic rings. The topological polar surface area (TPSA) is 30.0 Å². The van der Waals surface area contributed by atoms with E-state index < -0.39 is 0 Å². The number of hydrogen-bond donors (Lipinski definition) is 0. The van der Waals surface area contributed by atoms with Gasteiger partial charge in [-0.15, -0.1) is 11.3 Å². The highest BCUT2D eigenvalue weighted by Gasteiger charge is 2.39. The van der Waals surface area contributed by atoms with Gasteiger partial charge in [0, 0.05) is 17.5 Å². The second kappa shape index (κ2) is 2.66. The summed E-state index contributed by atoms with van der Waals surface area (Å²) in [6, 6.07) is 0. The molecule has 0 aromatic carbocycles. The van der Waals surface area contributed by atoms with E-state index in [1.54, 1.807) is 16.8 Å². The van der Waals surface area contributed by atoms with Crippen LogP contribution in [0.3, 0.4) is 0 Å². The summed E-state index contributed by atoms with van der Waals surface area (Å²) in [5.74, 6) is 0.381. The van der Waals surface area contributed by atoms with E-state index in [0.29, 0.717) is 5.78 Å². The van der Waals surface area contributed by atoms with Crippen molar-refractivity contribution < 1.29 is 4.79 Å². The van der Waals surface area contributed by atoms with Gasteiger partial charge in [-0.3, -0.25) is 9.78 Å². The van der Waals surface area contributed by atoms with Crippen molar-refractivity contribution in [3.8, 4) is 0 Å². The zero-order valence-corrected chi connectivity index (χ0v) is 7.86. The van der Waals surface area contributed by atoms with Crippen LogP contribution in [-0.4, -0.2) is 10.8 Å². The molecule has 1 aliphatic carbocycles. The van der Waals surface area contributed by atoms with Gasteiger partial charge in [-0.05, 0) is 19.8 Å². The van der Waals surface area contributed by atoms with E-state index >= 15 is 0 Å². The van der Waals surface area contributed by atoms with E-state index in [2.05, 4.69) is 4.98 Å². The monoisotopic (exact) mass is 181 g/mol. The Labute approximate surface area is 75.6 Å². The Morgan fingerprint density at radius 2 is 2.50 bits per heavy atom. The Hall–Kier alpha value is -0.700. The summed E-state index contributed by atoms with van der Waals surface area (Å²) in [6.45, 7) is 2.04. The molecular formula is C9H11NOS. The standard InChI is InChI=1S/C9H11NOS/c1-9(4-2-3-7(9)11)8-5-10-6-12-8/h5-6H,2-4H2,1H3. The number of aromatic nitrogens is 1. The first kappa shape index (κ1) is 7.92. The van der Waals surface area contributed by atoms with Crippen molar-refractivity contribution in [2.24, 2.45) is 0 Å². The van der Waals surface area contributed by atoms with Crippen LogP contribution in [0.2, 0.25) is 0 Å². The lowest BCUT2D eigenvalue weighted by Crippen LogP contribution is -2.25. The molecule has 1 aromatic heterocycles. The van der Waals surface area contributed by atoms with Crippen LogP contribution >= 0.6 is 11.3 Å². The minimum atomic E-state index is -0.207. The van der Waals surface area contributed by atoms with Gasteiger partial charge in [0.25, 0.3) is 0 Å². The van der Waals surface area contributed by atoms with Crippen molar-refractivity contribution in [2.45, 2.75) is 31.6 Å². The molecule has 1 saturated carbocycles. The van der Waals surface area contributed by atoms with Crippen LogP contribution in [-0.2, 0) is 10.2 Å². The van der Waals surface area contributed by atoms with Crippen LogP contribution in [0.15, 0.2) is 11.7 Å². The molecule has 0 radical (unpaired) electrons. The lowest BCUT2D eigenvalue weighted by Gasteiger charge is -2.18. The Bertz CT molecular complexity index is 293. The molecule has 3 heteroatoms. The lowest BCUT2D eigenvalue weighted by atomic mass is 9.87. The minimum Gasteiger partial charge on any atom is -0.299 e. The molecule has 1 atom stereocenters. The van der Waals surface area contributed by atoms with Crippen LogP contribution in [0.25, 0.3) is 0 Å². The van der Waals surface area contributed by atoms with E-state index in [1.165, 1.54) is 0 Å². The normalized spacial score (nSPS) is 29.6. The second-order valence-corrected chi connectivity index (χ2v) is 4.36. The van der Waals surface area contributed by atoms with Crippen LogP contribution in [0.5, 0.6) is 0 Å².